The van der Waals surface area contributed by atoms with E-state index in [0.717, 1.165) is 10.0 Å². The van der Waals surface area contributed by atoms with E-state index in [2.05, 4.69) is 95.3 Å². The molecule has 0 aliphatic rings. The Kier molecular flexibility index (Phi) is 3.51. The molecule has 4 aromatic rings. The number of benzene rings is 4. The van der Waals surface area contributed by atoms with Crippen LogP contribution in [0.5, 0.6) is 0 Å². The number of rotatable bonds is 2. The Morgan fingerprint density at radius 3 is 2.09 bits per heavy atom. The standard InChI is InChI=1S/C22H15Br/c1-2-15-11-8-14-19-20(16-9-4-3-5-10-16)17-12-6-7-13-18(17)22(23)21(15)19/h2-14H,1H2. The zero-order valence-corrected chi connectivity index (χ0v) is 14.2. The van der Waals surface area contributed by atoms with Gasteiger partial charge in [-0.05, 0) is 48.8 Å². The summed E-state index contributed by atoms with van der Waals surface area (Å²) in [4.78, 5) is 0. The minimum absolute atomic E-state index is 1.14. The lowest BCUT2D eigenvalue weighted by Crippen LogP contribution is -1.89. The first kappa shape index (κ1) is 14.2. The van der Waals surface area contributed by atoms with E-state index < -0.39 is 0 Å². The Bertz CT molecular complexity index is 1030. The van der Waals surface area contributed by atoms with E-state index in [1.165, 1.54) is 32.7 Å². The normalized spacial score (nSPS) is 11.0. The van der Waals surface area contributed by atoms with Crippen molar-refractivity contribution in [1.82, 2.24) is 0 Å². The highest BCUT2D eigenvalue weighted by atomic mass is 79.9. The van der Waals surface area contributed by atoms with Gasteiger partial charge in [0.05, 0.1) is 0 Å². The van der Waals surface area contributed by atoms with Crippen molar-refractivity contribution in [2.75, 3.05) is 0 Å². The van der Waals surface area contributed by atoms with Crippen LogP contribution in [0.1, 0.15) is 5.56 Å². The van der Waals surface area contributed by atoms with E-state index in [1.54, 1.807) is 0 Å². The lowest BCUT2D eigenvalue weighted by atomic mass is 9.90. The van der Waals surface area contributed by atoms with Crippen molar-refractivity contribution < 1.29 is 0 Å². The Hall–Kier alpha value is -2.38. The number of hydrogen-bond donors (Lipinski definition) is 0. The molecule has 23 heavy (non-hydrogen) atoms. The van der Waals surface area contributed by atoms with Crippen molar-refractivity contribution in [2.45, 2.75) is 0 Å². The summed E-state index contributed by atoms with van der Waals surface area (Å²) in [5.41, 5.74) is 3.67. The summed E-state index contributed by atoms with van der Waals surface area (Å²) in [6, 6.07) is 25.6. The summed E-state index contributed by atoms with van der Waals surface area (Å²) in [5.74, 6) is 0. The molecule has 110 valence electrons. The third kappa shape index (κ3) is 2.20. The van der Waals surface area contributed by atoms with Crippen LogP contribution in [0.15, 0.2) is 83.8 Å². The van der Waals surface area contributed by atoms with Gasteiger partial charge in [0.2, 0.25) is 0 Å². The molecular formula is C22H15Br. The second kappa shape index (κ2) is 5.68. The molecule has 0 N–H and O–H groups in total. The molecule has 0 aliphatic heterocycles. The first-order valence-electron chi connectivity index (χ1n) is 7.62. The summed E-state index contributed by atoms with van der Waals surface area (Å²) in [6.45, 7) is 3.98. The fraction of sp³-hybridized carbons (Fsp3) is 0. The minimum atomic E-state index is 1.14. The van der Waals surface area contributed by atoms with Crippen molar-refractivity contribution in [3.63, 3.8) is 0 Å². The van der Waals surface area contributed by atoms with Crippen LogP contribution in [0.25, 0.3) is 38.7 Å². The van der Waals surface area contributed by atoms with E-state index in [9.17, 15) is 0 Å². The fourth-order valence-electron chi connectivity index (χ4n) is 3.28. The number of hydrogen-bond acceptors (Lipinski definition) is 0. The second-order valence-electron chi connectivity index (χ2n) is 5.57. The SMILES string of the molecule is C=Cc1cccc2c(-c3ccccc3)c3ccccc3c(Br)c12. The lowest BCUT2D eigenvalue weighted by Gasteiger charge is -2.16. The van der Waals surface area contributed by atoms with Crippen LogP contribution >= 0.6 is 15.9 Å². The van der Waals surface area contributed by atoms with Gasteiger partial charge in [-0.1, -0.05) is 85.5 Å². The summed E-state index contributed by atoms with van der Waals surface area (Å²) in [7, 11) is 0. The van der Waals surface area contributed by atoms with E-state index in [-0.39, 0.29) is 0 Å². The third-order valence-corrected chi connectivity index (χ3v) is 5.12. The molecule has 0 aliphatic carbocycles. The maximum Gasteiger partial charge on any atom is 0.0338 e. The fourth-order valence-corrected chi connectivity index (χ4v) is 4.07. The first-order valence-corrected chi connectivity index (χ1v) is 8.41. The molecule has 0 fully saturated rings. The van der Waals surface area contributed by atoms with E-state index in [1.807, 2.05) is 6.08 Å². The van der Waals surface area contributed by atoms with Gasteiger partial charge < -0.3 is 0 Å². The largest absolute Gasteiger partial charge is 0.0984 e. The van der Waals surface area contributed by atoms with Crippen LogP contribution in [0.2, 0.25) is 0 Å². The number of halogens is 1. The van der Waals surface area contributed by atoms with Gasteiger partial charge in [-0.25, -0.2) is 0 Å². The molecule has 1 heteroatoms. The van der Waals surface area contributed by atoms with E-state index in [0.29, 0.717) is 0 Å². The molecule has 0 heterocycles. The van der Waals surface area contributed by atoms with Crippen LogP contribution in [-0.2, 0) is 0 Å². The van der Waals surface area contributed by atoms with Gasteiger partial charge in [-0.15, -0.1) is 0 Å². The summed E-state index contributed by atoms with van der Waals surface area (Å²) < 4.78 is 1.14. The van der Waals surface area contributed by atoms with Crippen molar-refractivity contribution >= 4 is 43.6 Å². The minimum Gasteiger partial charge on any atom is -0.0984 e. The monoisotopic (exact) mass is 358 g/mol. The molecule has 0 saturated heterocycles. The van der Waals surface area contributed by atoms with E-state index >= 15 is 0 Å². The summed E-state index contributed by atoms with van der Waals surface area (Å²) in [6.07, 6.45) is 1.93. The first-order chi connectivity index (χ1) is 11.3. The highest BCUT2D eigenvalue weighted by Crippen LogP contribution is 2.42. The zero-order chi connectivity index (χ0) is 15.8. The van der Waals surface area contributed by atoms with Crippen molar-refractivity contribution in [3.05, 3.63) is 89.4 Å². The molecule has 0 aromatic heterocycles. The smallest absolute Gasteiger partial charge is 0.0338 e. The molecule has 0 spiro atoms. The van der Waals surface area contributed by atoms with Crippen LogP contribution in [0, 0.1) is 0 Å². The predicted octanol–water partition coefficient (Wildman–Crippen LogP) is 7.07. The molecule has 0 bridgehead atoms. The van der Waals surface area contributed by atoms with Crippen molar-refractivity contribution in [1.29, 1.82) is 0 Å². The third-order valence-electron chi connectivity index (χ3n) is 4.30. The Morgan fingerprint density at radius 1 is 0.696 bits per heavy atom. The molecular weight excluding hydrogens is 344 g/mol. The highest BCUT2D eigenvalue weighted by molar-refractivity contribution is 9.10. The molecule has 4 aromatic carbocycles. The zero-order valence-electron chi connectivity index (χ0n) is 12.6. The van der Waals surface area contributed by atoms with Crippen LogP contribution in [0.3, 0.4) is 0 Å². The van der Waals surface area contributed by atoms with E-state index in [4.69, 9.17) is 0 Å². The maximum absolute atomic E-state index is 3.98. The van der Waals surface area contributed by atoms with Gasteiger partial charge in [0.15, 0.2) is 0 Å². The van der Waals surface area contributed by atoms with Gasteiger partial charge in [0, 0.05) is 9.86 Å². The molecule has 0 unspecified atom stereocenters. The summed E-state index contributed by atoms with van der Waals surface area (Å²) >= 11 is 3.83. The predicted molar refractivity (Wildman–Crippen MR) is 105 cm³/mol. The number of fused-ring (bicyclic) bond motifs is 2. The molecule has 0 nitrogen and oxygen atoms in total. The lowest BCUT2D eigenvalue weighted by molar-refractivity contribution is 1.66. The highest BCUT2D eigenvalue weighted by Gasteiger charge is 2.14. The Balaban J connectivity index is 2.31. The Labute approximate surface area is 144 Å². The van der Waals surface area contributed by atoms with Crippen LogP contribution in [-0.4, -0.2) is 0 Å². The maximum atomic E-state index is 3.98. The Morgan fingerprint density at radius 2 is 1.35 bits per heavy atom. The molecule has 0 amide bonds. The van der Waals surface area contributed by atoms with Gasteiger partial charge in [0.1, 0.15) is 0 Å². The van der Waals surface area contributed by atoms with Gasteiger partial charge in [-0.3, -0.25) is 0 Å². The molecule has 0 radical (unpaired) electrons. The van der Waals surface area contributed by atoms with Crippen molar-refractivity contribution in [2.24, 2.45) is 0 Å². The average Bonchev–Trinajstić information content (AvgIpc) is 2.62. The second-order valence-corrected chi connectivity index (χ2v) is 6.37. The summed E-state index contributed by atoms with van der Waals surface area (Å²) in [5, 5.41) is 4.96. The van der Waals surface area contributed by atoms with Crippen LogP contribution in [0.4, 0.5) is 0 Å². The molecule has 0 saturated carbocycles. The van der Waals surface area contributed by atoms with Crippen LogP contribution < -0.4 is 0 Å². The molecule has 0 atom stereocenters. The van der Waals surface area contributed by atoms with Gasteiger partial charge in [-0.2, -0.15) is 0 Å². The average molecular weight is 359 g/mol. The molecule has 4 rings (SSSR count). The van der Waals surface area contributed by atoms with Gasteiger partial charge >= 0.3 is 0 Å². The van der Waals surface area contributed by atoms with Gasteiger partial charge in [0.25, 0.3) is 0 Å². The van der Waals surface area contributed by atoms with Crippen molar-refractivity contribution in [3.8, 4) is 11.1 Å². The quantitative estimate of drug-likeness (QED) is 0.336. The topological polar surface area (TPSA) is 0 Å².